The van der Waals surface area contributed by atoms with Crippen molar-refractivity contribution in [2.75, 3.05) is 20.1 Å². The van der Waals surface area contributed by atoms with Gasteiger partial charge in [0.25, 0.3) is 0 Å². The van der Waals surface area contributed by atoms with Crippen molar-refractivity contribution in [2.24, 2.45) is 0 Å². The van der Waals surface area contributed by atoms with Crippen LogP contribution in [0.1, 0.15) is 6.42 Å². The molecule has 0 saturated carbocycles. The number of rotatable bonds is 4. The Balaban J connectivity index is 1.92. The van der Waals surface area contributed by atoms with Gasteiger partial charge < -0.3 is 4.90 Å². The number of sulfonamides is 1. The number of pyridine rings is 1. The van der Waals surface area contributed by atoms with Crippen molar-refractivity contribution in [3.8, 4) is 0 Å². The van der Waals surface area contributed by atoms with Gasteiger partial charge in [-0.1, -0.05) is 6.07 Å². The summed E-state index contributed by atoms with van der Waals surface area (Å²) in [7, 11) is -2.87. The van der Waals surface area contributed by atoms with E-state index in [4.69, 9.17) is 0 Å². The fraction of sp³-hybridized carbons (Fsp3) is 0.375. The molecule has 2 aromatic rings. The zero-order valence-corrected chi connectivity index (χ0v) is 14.6. The summed E-state index contributed by atoms with van der Waals surface area (Å²) in [6.45, 7) is -1.52. The molecule has 140 valence electrons. The van der Waals surface area contributed by atoms with Crippen molar-refractivity contribution in [2.45, 2.75) is 23.5 Å². The maximum absolute atomic E-state index is 13.0. The fourth-order valence-corrected chi connectivity index (χ4v) is 4.60. The molecule has 1 aromatic carbocycles. The van der Waals surface area contributed by atoms with E-state index in [-0.39, 0.29) is 17.9 Å². The van der Waals surface area contributed by atoms with Crippen LogP contribution in [-0.4, -0.2) is 60.9 Å². The van der Waals surface area contributed by atoms with Gasteiger partial charge in [0.05, 0.1) is 10.4 Å². The number of likely N-dealkylation sites (tertiary alicyclic amines) is 1. The fourth-order valence-electron chi connectivity index (χ4n) is 3.06. The number of aromatic nitrogens is 1. The minimum absolute atomic E-state index is 0.00760. The molecule has 0 spiro atoms. The summed E-state index contributed by atoms with van der Waals surface area (Å²) in [5.41, 5.74) is 0.471. The smallest absolute Gasteiger partial charge is 0.332 e. The number of fused-ring (bicyclic) bond motifs is 1. The lowest BCUT2D eigenvalue weighted by molar-refractivity contribution is -0.158. The highest BCUT2D eigenvalue weighted by atomic mass is 32.2. The van der Waals surface area contributed by atoms with E-state index in [1.807, 2.05) is 0 Å². The van der Waals surface area contributed by atoms with Gasteiger partial charge >= 0.3 is 6.18 Å². The molecule has 0 bridgehead atoms. The van der Waals surface area contributed by atoms with Gasteiger partial charge in [0.1, 0.15) is 12.6 Å². The van der Waals surface area contributed by atoms with E-state index in [0.29, 0.717) is 15.8 Å². The number of hydrogen-bond donors (Lipinski definition) is 0. The second-order valence-corrected chi connectivity index (χ2v) is 7.99. The topological polar surface area (TPSA) is 70.6 Å². The molecule has 1 unspecified atom stereocenters. The molecule has 10 heteroatoms. The number of alkyl halides is 3. The van der Waals surface area contributed by atoms with E-state index in [2.05, 4.69) is 4.98 Å². The number of nitrogens with zero attached hydrogens (tertiary/aromatic N) is 3. The van der Waals surface area contributed by atoms with E-state index in [0.717, 1.165) is 4.31 Å². The zero-order valence-electron chi connectivity index (χ0n) is 13.8. The second-order valence-electron chi connectivity index (χ2n) is 6.03. The molecule has 1 atom stereocenters. The van der Waals surface area contributed by atoms with Gasteiger partial charge in [-0.05, 0) is 30.7 Å². The highest BCUT2D eigenvalue weighted by Crippen LogP contribution is 2.29. The first-order chi connectivity index (χ1) is 12.1. The first-order valence-electron chi connectivity index (χ1n) is 7.78. The summed E-state index contributed by atoms with van der Waals surface area (Å²) < 4.78 is 64.5. The van der Waals surface area contributed by atoms with Crippen molar-refractivity contribution < 1.29 is 26.4 Å². The van der Waals surface area contributed by atoms with Crippen LogP contribution in [-0.2, 0) is 14.8 Å². The third kappa shape index (κ3) is 3.38. The Hall–Kier alpha value is -2.20. The quantitative estimate of drug-likeness (QED) is 0.805. The van der Waals surface area contributed by atoms with Gasteiger partial charge in [0, 0.05) is 25.2 Å². The first-order valence-corrected chi connectivity index (χ1v) is 9.22. The number of halogens is 3. The van der Waals surface area contributed by atoms with Crippen LogP contribution in [0.3, 0.4) is 0 Å². The molecular weight excluding hydrogens is 371 g/mol. The molecule has 0 N–H and O–H groups in total. The third-order valence-electron chi connectivity index (χ3n) is 4.34. The second kappa shape index (κ2) is 6.51. The molecule has 2 heterocycles. The van der Waals surface area contributed by atoms with E-state index < -0.39 is 34.7 Å². The Morgan fingerprint density at radius 1 is 1.27 bits per heavy atom. The Bertz CT molecular complexity index is 941. The predicted molar refractivity (Wildman–Crippen MR) is 87.7 cm³/mol. The Morgan fingerprint density at radius 2 is 2.00 bits per heavy atom. The van der Waals surface area contributed by atoms with Crippen LogP contribution in [0.25, 0.3) is 10.9 Å². The van der Waals surface area contributed by atoms with Crippen LogP contribution in [0, 0.1) is 0 Å². The predicted octanol–water partition coefficient (Wildman–Crippen LogP) is 2.02. The van der Waals surface area contributed by atoms with Crippen molar-refractivity contribution in [3.05, 3.63) is 36.5 Å². The molecule has 0 radical (unpaired) electrons. The molecule has 1 amide bonds. The molecule has 1 fully saturated rings. The molecule has 1 saturated heterocycles. The summed E-state index contributed by atoms with van der Waals surface area (Å²) in [4.78, 5) is 17.0. The molecule has 1 aliphatic heterocycles. The van der Waals surface area contributed by atoms with Gasteiger partial charge in [-0.15, -0.1) is 0 Å². The lowest BCUT2D eigenvalue weighted by atomic mass is 10.2. The van der Waals surface area contributed by atoms with Gasteiger partial charge in [-0.2, -0.15) is 17.5 Å². The summed E-state index contributed by atoms with van der Waals surface area (Å²) in [5, 5.41) is 0.388. The lowest BCUT2D eigenvalue weighted by Gasteiger charge is -2.24. The molecular formula is C16H16F3N3O3S. The monoisotopic (exact) mass is 387 g/mol. The van der Waals surface area contributed by atoms with Crippen LogP contribution >= 0.6 is 0 Å². The maximum Gasteiger partial charge on any atom is 0.406 e. The number of likely N-dealkylation sites (N-methyl/N-ethyl adjacent to an activating group) is 1. The third-order valence-corrected chi connectivity index (χ3v) is 6.27. The summed E-state index contributed by atoms with van der Waals surface area (Å²) in [6.07, 6.45) is -2.99. The lowest BCUT2D eigenvalue weighted by Crippen LogP contribution is -2.44. The normalized spacial score (nSPS) is 18.9. The number of carbonyl (C=O) groups is 1. The largest absolute Gasteiger partial charge is 0.406 e. The van der Waals surface area contributed by atoms with Crippen molar-refractivity contribution in [1.82, 2.24) is 14.2 Å². The van der Waals surface area contributed by atoms with Crippen LogP contribution < -0.4 is 0 Å². The number of hydrogen-bond acceptors (Lipinski definition) is 4. The van der Waals surface area contributed by atoms with Crippen molar-refractivity contribution >= 4 is 26.8 Å². The standard InChI is InChI=1S/C16H16F3N3O3S/c1-21(13-7-9-22(15(13)23)10-16(17,18)19)26(24,25)14-6-2-5-12-11(14)4-3-8-20-12/h2-6,8,13H,7,9-10H2,1H3. The van der Waals surface area contributed by atoms with Crippen LogP contribution in [0.4, 0.5) is 13.2 Å². The van der Waals surface area contributed by atoms with E-state index in [9.17, 15) is 26.4 Å². The van der Waals surface area contributed by atoms with Crippen molar-refractivity contribution in [1.29, 1.82) is 0 Å². The van der Waals surface area contributed by atoms with Crippen molar-refractivity contribution in [3.63, 3.8) is 0 Å². The minimum atomic E-state index is -4.52. The summed E-state index contributed by atoms with van der Waals surface area (Å²) in [6, 6.07) is 6.60. The highest BCUT2D eigenvalue weighted by Gasteiger charge is 2.43. The van der Waals surface area contributed by atoms with Gasteiger partial charge in [-0.25, -0.2) is 8.42 Å². The molecule has 26 heavy (non-hydrogen) atoms. The van der Waals surface area contributed by atoms with E-state index in [1.54, 1.807) is 18.2 Å². The highest BCUT2D eigenvalue weighted by molar-refractivity contribution is 7.89. The molecule has 6 nitrogen and oxygen atoms in total. The Kier molecular flexibility index (Phi) is 4.65. The SMILES string of the molecule is CN(C1CCN(CC(F)(F)F)C1=O)S(=O)(=O)c1cccc2ncccc12. The van der Waals surface area contributed by atoms with Gasteiger partial charge in [0.15, 0.2) is 0 Å². The maximum atomic E-state index is 13.0. The van der Waals surface area contributed by atoms with Crippen LogP contribution in [0.5, 0.6) is 0 Å². The van der Waals surface area contributed by atoms with Gasteiger partial charge in [0.2, 0.25) is 15.9 Å². The zero-order chi connectivity index (χ0) is 19.1. The van der Waals surface area contributed by atoms with Crippen LogP contribution in [0.15, 0.2) is 41.4 Å². The summed E-state index contributed by atoms with van der Waals surface area (Å²) >= 11 is 0. The van der Waals surface area contributed by atoms with E-state index in [1.165, 1.54) is 25.4 Å². The number of amides is 1. The minimum Gasteiger partial charge on any atom is -0.332 e. The van der Waals surface area contributed by atoms with Crippen LogP contribution in [0.2, 0.25) is 0 Å². The number of benzene rings is 1. The molecule has 3 rings (SSSR count). The summed E-state index contributed by atoms with van der Waals surface area (Å²) in [5.74, 6) is -0.841. The Labute approximate surface area is 148 Å². The molecule has 1 aliphatic rings. The molecule has 0 aliphatic carbocycles. The first kappa shape index (κ1) is 18.6. The average Bonchev–Trinajstić information content (AvgIpc) is 2.92. The average molecular weight is 387 g/mol. The van der Waals surface area contributed by atoms with E-state index >= 15 is 0 Å². The number of carbonyl (C=O) groups excluding carboxylic acids is 1. The molecule has 1 aromatic heterocycles. The Morgan fingerprint density at radius 3 is 2.69 bits per heavy atom. The van der Waals surface area contributed by atoms with Gasteiger partial charge in [-0.3, -0.25) is 9.78 Å².